The maximum Gasteiger partial charge on any atom is 0.226 e. The van der Waals surface area contributed by atoms with Crippen LogP contribution in [0.5, 0.6) is 5.75 Å². The number of alkyl halides is 1. The first-order valence-corrected chi connectivity index (χ1v) is 8.05. The van der Waals surface area contributed by atoms with Gasteiger partial charge < -0.3 is 14.8 Å². The topological polar surface area (TPSA) is 47.6 Å². The first kappa shape index (κ1) is 17.0. The number of rotatable bonds is 10. The average Bonchev–Trinajstić information content (AvgIpc) is 2.46. The first-order valence-electron chi connectivity index (χ1n) is 6.92. The van der Waals surface area contributed by atoms with Gasteiger partial charge in [0.05, 0.1) is 19.6 Å². The van der Waals surface area contributed by atoms with Gasteiger partial charge in [-0.2, -0.15) is 0 Å². The van der Waals surface area contributed by atoms with E-state index in [1.807, 2.05) is 31.2 Å². The highest BCUT2D eigenvalue weighted by atomic mass is 79.9. The Bertz CT molecular complexity index is 381. The molecule has 0 bridgehead atoms. The van der Waals surface area contributed by atoms with Crippen LogP contribution in [-0.2, 0) is 9.53 Å². The lowest BCUT2D eigenvalue weighted by atomic mass is 10.3. The highest BCUT2D eigenvalue weighted by Gasteiger charge is 2.02. The van der Waals surface area contributed by atoms with E-state index in [1.54, 1.807) is 0 Å². The molecule has 0 spiro atoms. The second-order valence-corrected chi connectivity index (χ2v) is 5.12. The third-order valence-corrected chi connectivity index (χ3v) is 3.07. The van der Waals surface area contributed by atoms with E-state index in [-0.39, 0.29) is 5.91 Å². The molecule has 0 fully saturated rings. The normalized spacial score (nSPS) is 10.3. The second kappa shape index (κ2) is 10.7. The van der Waals surface area contributed by atoms with Gasteiger partial charge in [0.2, 0.25) is 5.91 Å². The molecule has 0 saturated carbocycles. The average molecular weight is 344 g/mol. The molecule has 5 heteroatoms. The molecule has 0 aliphatic heterocycles. The van der Waals surface area contributed by atoms with Crippen molar-refractivity contribution < 1.29 is 14.3 Å². The molecule has 0 heterocycles. The number of carbonyl (C=O) groups excluding carboxylic acids is 1. The van der Waals surface area contributed by atoms with Crippen LogP contribution >= 0.6 is 15.9 Å². The third-order valence-electron chi connectivity index (χ3n) is 2.51. The van der Waals surface area contributed by atoms with Crippen molar-refractivity contribution in [3.8, 4) is 5.75 Å². The van der Waals surface area contributed by atoms with E-state index in [1.165, 1.54) is 0 Å². The summed E-state index contributed by atoms with van der Waals surface area (Å²) in [7, 11) is 0. The third kappa shape index (κ3) is 7.50. The molecule has 1 rings (SSSR count). The summed E-state index contributed by atoms with van der Waals surface area (Å²) in [6.07, 6.45) is 2.32. The van der Waals surface area contributed by atoms with Crippen LogP contribution in [0.15, 0.2) is 24.3 Å². The van der Waals surface area contributed by atoms with E-state index < -0.39 is 0 Å². The zero-order valence-corrected chi connectivity index (χ0v) is 13.4. The fraction of sp³-hybridized carbons (Fsp3) is 0.533. The Balaban J connectivity index is 2.27. The van der Waals surface area contributed by atoms with E-state index in [9.17, 15) is 4.79 Å². The van der Waals surface area contributed by atoms with Crippen LogP contribution in [0.4, 0.5) is 5.69 Å². The van der Waals surface area contributed by atoms with Gasteiger partial charge in [-0.05, 0) is 37.1 Å². The van der Waals surface area contributed by atoms with E-state index in [0.717, 1.165) is 29.6 Å². The molecule has 0 aliphatic carbocycles. The van der Waals surface area contributed by atoms with Crippen LogP contribution in [0.25, 0.3) is 0 Å². The minimum Gasteiger partial charge on any atom is -0.494 e. The standard InChI is InChI=1S/C15H22BrNO3/c1-2-10-19-12-8-15(18)17-13-4-6-14(7-5-13)20-11-3-9-16/h4-7H,2-3,8-12H2,1H3,(H,17,18). The summed E-state index contributed by atoms with van der Waals surface area (Å²) in [5, 5.41) is 3.76. The van der Waals surface area contributed by atoms with Crippen molar-refractivity contribution in [1.82, 2.24) is 0 Å². The molecule has 0 atom stereocenters. The molecular weight excluding hydrogens is 322 g/mol. The van der Waals surface area contributed by atoms with Crippen LogP contribution in [-0.4, -0.2) is 31.1 Å². The summed E-state index contributed by atoms with van der Waals surface area (Å²) >= 11 is 3.35. The summed E-state index contributed by atoms with van der Waals surface area (Å²) in [6.45, 7) is 3.90. The van der Waals surface area contributed by atoms with E-state index >= 15 is 0 Å². The van der Waals surface area contributed by atoms with E-state index in [0.29, 0.717) is 26.2 Å². The molecule has 0 saturated heterocycles. The van der Waals surface area contributed by atoms with Gasteiger partial charge >= 0.3 is 0 Å². The van der Waals surface area contributed by atoms with Crippen molar-refractivity contribution >= 4 is 27.5 Å². The van der Waals surface area contributed by atoms with Crippen LogP contribution in [0.3, 0.4) is 0 Å². The second-order valence-electron chi connectivity index (χ2n) is 4.33. The minimum atomic E-state index is -0.0333. The zero-order valence-electron chi connectivity index (χ0n) is 11.9. The van der Waals surface area contributed by atoms with Crippen LogP contribution in [0.1, 0.15) is 26.2 Å². The molecular formula is C15H22BrNO3. The zero-order chi connectivity index (χ0) is 14.6. The van der Waals surface area contributed by atoms with E-state index in [4.69, 9.17) is 9.47 Å². The fourth-order valence-electron chi connectivity index (χ4n) is 1.51. The van der Waals surface area contributed by atoms with E-state index in [2.05, 4.69) is 21.2 Å². The monoisotopic (exact) mass is 343 g/mol. The van der Waals surface area contributed by atoms with Crippen molar-refractivity contribution in [3.63, 3.8) is 0 Å². The highest BCUT2D eigenvalue weighted by molar-refractivity contribution is 9.09. The number of carbonyl (C=O) groups is 1. The number of hydrogen-bond donors (Lipinski definition) is 1. The summed E-state index contributed by atoms with van der Waals surface area (Å²) in [5.74, 6) is 0.782. The SMILES string of the molecule is CCCOCCC(=O)Nc1ccc(OCCCBr)cc1. The summed E-state index contributed by atoms with van der Waals surface area (Å²) < 4.78 is 10.8. The number of benzene rings is 1. The van der Waals surface area contributed by atoms with Crippen LogP contribution in [0.2, 0.25) is 0 Å². The van der Waals surface area contributed by atoms with Crippen molar-refractivity contribution in [1.29, 1.82) is 0 Å². The summed E-state index contributed by atoms with van der Waals surface area (Å²) in [6, 6.07) is 7.40. The molecule has 0 aromatic heterocycles. The van der Waals surface area contributed by atoms with Crippen LogP contribution < -0.4 is 10.1 Å². The van der Waals surface area contributed by atoms with Crippen molar-refractivity contribution in [2.24, 2.45) is 0 Å². The van der Waals surface area contributed by atoms with Crippen LogP contribution in [0, 0.1) is 0 Å². The Hall–Kier alpha value is -1.07. The van der Waals surface area contributed by atoms with Crippen molar-refractivity contribution in [2.75, 3.05) is 30.5 Å². The molecule has 1 amide bonds. The molecule has 0 aliphatic rings. The molecule has 1 N–H and O–H groups in total. The largest absolute Gasteiger partial charge is 0.494 e. The number of hydrogen-bond acceptors (Lipinski definition) is 3. The Morgan fingerprint density at radius 3 is 2.60 bits per heavy atom. The molecule has 1 aromatic rings. The highest BCUT2D eigenvalue weighted by Crippen LogP contribution is 2.16. The predicted octanol–water partition coefficient (Wildman–Crippen LogP) is 3.61. The number of amides is 1. The predicted molar refractivity (Wildman–Crippen MR) is 84.7 cm³/mol. The fourth-order valence-corrected chi connectivity index (χ4v) is 1.74. The molecule has 20 heavy (non-hydrogen) atoms. The Morgan fingerprint density at radius 2 is 1.95 bits per heavy atom. The Labute approximate surface area is 129 Å². The number of halogens is 1. The minimum absolute atomic E-state index is 0.0333. The lowest BCUT2D eigenvalue weighted by molar-refractivity contribution is -0.117. The molecule has 0 unspecified atom stereocenters. The van der Waals surface area contributed by atoms with Gasteiger partial charge in [0, 0.05) is 17.6 Å². The van der Waals surface area contributed by atoms with Crippen molar-refractivity contribution in [2.45, 2.75) is 26.2 Å². The summed E-state index contributed by atoms with van der Waals surface area (Å²) in [4.78, 5) is 11.6. The van der Waals surface area contributed by atoms with Gasteiger partial charge in [-0.15, -0.1) is 0 Å². The first-order chi connectivity index (χ1) is 9.76. The van der Waals surface area contributed by atoms with Gasteiger partial charge in [0.1, 0.15) is 5.75 Å². The summed E-state index contributed by atoms with van der Waals surface area (Å²) in [5.41, 5.74) is 0.776. The Kier molecular flexibility index (Phi) is 9.07. The van der Waals surface area contributed by atoms with Crippen molar-refractivity contribution in [3.05, 3.63) is 24.3 Å². The number of ether oxygens (including phenoxy) is 2. The quantitative estimate of drug-likeness (QED) is 0.521. The number of anilines is 1. The lowest BCUT2D eigenvalue weighted by Gasteiger charge is -2.08. The Morgan fingerprint density at radius 1 is 1.20 bits per heavy atom. The molecule has 0 radical (unpaired) electrons. The van der Waals surface area contributed by atoms with Gasteiger partial charge in [0.15, 0.2) is 0 Å². The lowest BCUT2D eigenvalue weighted by Crippen LogP contribution is -2.14. The van der Waals surface area contributed by atoms with Gasteiger partial charge in [0.25, 0.3) is 0 Å². The molecule has 1 aromatic carbocycles. The maximum absolute atomic E-state index is 11.6. The number of nitrogens with one attached hydrogen (secondary N) is 1. The van der Waals surface area contributed by atoms with Gasteiger partial charge in [-0.1, -0.05) is 22.9 Å². The van der Waals surface area contributed by atoms with Gasteiger partial charge in [-0.25, -0.2) is 0 Å². The maximum atomic E-state index is 11.6. The molecule has 4 nitrogen and oxygen atoms in total. The molecule has 112 valence electrons. The van der Waals surface area contributed by atoms with Gasteiger partial charge in [-0.3, -0.25) is 4.79 Å². The smallest absolute Gasteiger partial charge is 0.226 e.